The van der Waals surface area contributed by atoms with E-state index < -0.39 is 0 Å². The second-order valence-electron chi connectivity index (χ2n) is 5.82. The number of nitrogens with two attached hydrogens (primary N) is 1. The Balaban J connectivity index is 2.23. The summed E-state index contributed by atoms with van der Waals surface area (Å²) in [5.74, 6) is 0.802. The number of rotatable bonds is 4. The number of unbranched alkanes of at least 4 members (excludes halogenated alkanes) is 1. The molecule has 2 N–H and O–H groups in total. The lowest BCUT2D eigenvalue weighted by Gasteiger charge is -2.11. The van der Waals surface area contributed by atoms with Crippen LogP contribution in [0.15, 0.2) is 22.6 Å². The van der Waals surface area contributed by atoms with Crippen LogP contribution in [-0.4, -0.2) is 11.5 Å². The van der Waals surface area contributed by atoms with Crippen molar-refractivity contribution >= 4 is 11.1 Å². The lowest BCUT2D eigenvalue weighted by Crippen LogP contribution is -2.10. The summed E-state index contributed by atoms with van der Waals surface area (Å²) >= 11 is 0. The van der Waals surface area contributed by atoms with Crippen molar-refractivity contribution in [2.75, 3.05) is 6.54 Å². The van der Waals surface area contributed by atoms with E-state index in [4.69, 9.17) is 10.2 Å². The maximum Gasteiger partial charge on any atom is 0.200 e. The molecule has 0 bridgehead atoms. The van der Waals surface area contributed by atoms with E-state index >= 15 is 0 Å². The Bertz CT molecular complexity index is 523. The molecule has 0 spiro atoms. The molecule has 0 fully saturated rings. The fraction of sp³-hybridized carbons (Fsp3) is 0.533. The smallest absolute Gasteiger partial charge is 0.200 e. The van der Waals surface area contributed by atoms with E-state index in [1.807, 2.05) is 6.07 Å². The van der Waals surface area contributed by atoms with Crippen LogP contribution in [0, 0.1) is 0 Å². The van der Waals surface area contributed by atoms with Crippen LogP contribution in [0.1, 0.15) is 45.1 Å². The van der Waals surface area contributed by atoms with Gasteiger partial charge >= 0.3 is 0 Å². The first kappa shape index (κ1) is 13.1. The van der Waals surface area contributed by atoms with Gasteiger partial charge in [-0.25, -0.2) is 4.98 Å². The third-order valence-corrected chi connectivity index (χ3v) is 3.01. The molecule has 18 heavy (non-hydrogen) atoms. The van der Waals surface area contributed by atoms with Crippen LogP contribution in [0.3, 0.4) is 0 Å². The Labute approximate surface area is 108 Å². The van der Waals surface area contributed by atoms with Crippen molar-refractivity contribution in [1.82, 2.24) is 4.98 Å². The first-order valence-corrected chi connectivity index (χ1v) is 6.61. The number of hydrogen-bond donors (Lipinski definition) is 1. The van der Waals surface area contributed by atoms with Gasteiger partial charge in [0.1, 0.15) is 5.52 Å². The first-order chi connectivity index (χ1) is 8.50. The monoisotopic (exact) mass is 246 g/mol. The second-order valence-corrected chi connectivity index (χ2v) is 5.82. The molecule has 2 rings (SSSR count). The van der Waals surface area contributed by atoms with Crippen LogP contribution in [0.2, 0.25) is 0 Å². The Kier molecular flexibility index (Phi) is 3.71. The Morgan fingerprint density at radius 3 is 2.67 bits per heavy atom. The van der Waals surface area contributed by atoms with Gasteiger partial charge in [0.25, 0.3) is 0 Å². The molecular weight excluding hydrogens is 224 g/mol. The average molecular weight is 246 g/mol. The normalized spacial score (nSPS) is 12.2. The van der Waals surface area contributed by atoms with E-state index in [1.54, 1.807) is 0 Å². The number of aryl methyl sites for hydroxylation is 1. The summed E-state index contributed by atoms with van der Waals surface area (Å²) < 4.78 is 5.78. The summed E-state index contributed by atoms with van der Waals surface area (Å²) in [5.41, 5.74) is 8.61. The van der Waals surface area contributed by atoms with Gasteiger partial charge in [-0.1, -0.05) is 26.8 Å². The third kappa shape index (κ3) is 2.91. The number of oxazole rings is 1. The van der Waals surface area contributed by atoms with Crippen molar-refractivity contribution in [2.24, 2.45) is 5.73 Å². The van der Waals surface area contributed by atoms with Gasteiger partial charge in [0, 0.05) is 5.41 Å². The summed E-state index contributed by atoms with van der Waals surface area (Å²) in [4.78, 5) is 4.58. The van der Waals surface area contributed by atoms with E-state index in [9.17, 15) is 0 Å². The molecule has 98 valence electrons. The quantitative estimate of drug-likeness (QED) is 0.841. The molecule has 0 aliphatic rings. The maximum atomic E-state index is 5.78. The minimum Gasteiger partial charge on any atom is -0.440 e. The number of nitrogens with zero attached hydrogens (tertiary/aromatic N) is 1. The summed E-state index contributed by atoms with van der Waals surface area (Å²) in [6, 6.07) is 6.27. The van der Waals surface area contributed by atoms with Crippen LogP contribution in [0.25, 0.3) is 11.1 Å². The van der Waals surface area contributed by atoms with Crippen molar-refractivity contribution in [1.29, 1.82) is 0 Å². The third-order valence-electron chi connectivity index (χ3n) is 3.01. The van der Waals surface area contributed by atoms with Gasteiger partial charge in [0.05, 0.1) is 0 Å². The van der Waals surface area contributed by atoms with Crippen LogP contribution in [0.5, 0.6) is 0 Å². The highest BCUT2D eigenvalue weighted by Gasteiger charge is 2.20. The van der Waals surface area contributed by atoms with Gasteiger partial charge in [-0.15, -0.1) is 0 Å². The van der Waals surface area contributed by atoms with Gasteiger partial charge in [-0.3, -0.25) is 0 Å². The zero-order valence-corrected chi connectivity index (χ0v) is 11.5. The van der Waals surface area contributed by atoms with Gasteiger partial charge in [-0.2, -0.15) is 0 Å². The lowest BCUT2D eigenvalue weighted by molar-refractivity contribution is 0.411. The molecule has 0 aliphatic carbocycles. The standard InChI is InChI=1S/C15H22N2O/c1-15(2,3)14-17-12-10-11(6-4-5-9-16)7-8-13(12)18-14/h7-8,10H,4-6,9,16H2,1-3H3. The fourth-order valence-electron chi connectivity index (χ4n) is 1.92. The maximum absolute atomic E-state index is 5.78. The average Bonchev–Trinajstić information content (AvgIpc) is 2.72. The second kappa shape index (κ2) is 5.11. The molecule has 0 saturated carbocycles. The van der Waals surface area contributed by atoms with Crippen molar-refractivity contribution in [3.8, 4) is 0 Å². The Morgan fingerprint density at radius 2 is 2.00 bits per heavy atom. The predicted octanol–water partition coefficient (Wildman–Crippen LogP) is 3.41. The predicted molar refractivity (Wildman–Crippen MR) is 74.7 cm³/mol. The van der Waals surface area contributed by atoms with Crippen molar-refractivity contribution in [3.05, 3.63) is 29.7 Å². The minimum atomic E-state index is -0.0429. The van der Waals surface area contributed by atoms with Crippen molar-refractivity contribution in [2.45, 2.75) is 45.4 Å². The number of hydrogen-bond acceptors (Lipinski definition) is 3. The van der Waals surface area contributed by atoms with E-state index in [1.165, 1.54) is 5.56 Å². The Morgan fingerprint density at radius 1 is 1.22 bits per heavy atom. The molecule has 1 aromatic carbocycles. The molecule has 3 nitrogen and oxygen atoms in total. The molecule has 0 saturated heterocycles. The van der Waals surface area contributed by atoms with Crippen LogP contribution < -0.4 is 5.73 Å². The molecular formula is C15H22N2O. The highest BCUT2D eigenvalue weighted by Crippen LogP contribution is 2.26. The summed E-state index contributed by atoms with van der Waals surface area (Å²) in [6.45, 7) is 7.10. The summed E-state index contributed by atoms with van der Waals surface area (Å²) in [5, 5.41) is 0. The molecule has 0 amide bonds. The lowest BCUT2D eigenvalue weighted by atomic mass is 9.97. The summed E-state index contributed by atoms with van der Waals surface area (Å²) in [6.07, 6.45) is 3.26. The van der Waals surface area contributed by atoms with E-state index in [-0.39, 0.29) is 5.41 Å². The van der Waals surface area contributed by atoms with Gasteiger partial charge in [0.15, 0.2) is 5.58 Å². The largest absolute Gasteiger partial charge is 0.440 e. The van der Waals surface area contributed by atoms with Gasteiger partial charge < -0.3 is 10.2 Å². The molecule has 2 aromatic rings. The molecule has 1 heterocycles. The highest BCUT2D eigenvalue weighted by molar-refractivity contribution is 5.73. The van der Waals surface area contributed by atoms with E-state index in [2.05, 4.69) is 37.9 Å². The van der Waals surface area contributed by atoms with Gasteiger partial charge in [-0.05, 0) is 43.5 Å². The van der Waals surface area contributed by atoms with Crippen LogP contribution >= 0.6 is 0 Å². The topological polar surface area (TPSA) is 52.0 Å². The van der Waals surface area contributed by atoms with Gasteiger partial charge in [0.2, 0.25) is 5.89 Å². The number of fused-ring (bicyclic) bond motifs is 1. The van der Waals surface area contributed by atoms with Crippen LogP contribution in [0.4, 0.5) is 0 Å². The molecule has 0 unspecified atom stereocenters. The Hall–Kier alpha value is -1.35. The van der Waals surface area contributed by atoms with Crippen molar-refractivity contribution in [3.63, 3.8) is 0 Å². The SMILES string of the molecule is CC(C)(C)c1nc2cc(CCCCN)ccc2o1. The van der Waals surface area contributed by atoms with E-state index in [0.717, 1.165) is 42.8 Å². The minimum absolute atomic E-state index is 0.0429. The van der Waals surface area contributed by atoms with Crippen molar-refractivity contribution < 1.29 is 4.42 Å². The molecule has 0 atom stereocenters. The highest BCUT2D eigenvalue weighted by atomic mass is 16.3. The molecule has 1 aromatic heterocycles. The number of benzene rings is 1. The first-order valence-electron chi connectivity index (χ1n) is 6.61. The van der Waals surface area contributed by atoms with E-state index in [0.29, 0.717) is 0 Å². The van der Waals surface area contributed by atoms with Crippen LogP contribution in [-0.2, 0) is 11.8 Å². The fourth-order valence-corrected chi connectivity index (χ4v) is 1.92. The molecule has 0 radical (unpaired) electrons. The zero-order chi connectivity index (χ0) is 13.2. The number of aromatic nitrogens is 1. The summed E-state index contributed by atoms with van der Waals surface area (Å²) in [7, 11) is 0. The molecule has 0 aliphatic heterocycles. The zero-order valence-electron chi connectivity index (χ0n) is 11.5. The molecule has 3 heteroatoms.